The molecule has 0 amide bonds. The van der Waals surface area contributed by atoms with Crippen molar-refractivity contribution in [2.75, 3.05) is 17.2 Å². The van der Waals surface area contributed by atoms with Gasteiger partial charge >= 0.3 is 6.18 Å². The molecule has 0 aliphatic rings. The second-order valence-corrected chi connectivity index (χ2v) is 4.35. The Morgan fingerprint density at radius 1 is 1.24 bits per heavy atom. The van der Waals surface area contributed by atoms with Gasteiger partial charge in [0.15, 0.2) is 0 Å². The van der Waals surface area contributed by atoms with Crippen LogP contribution in [0.5, 0.6) is 0 Å². The maximum absolute atomic E-state index is 13.3. The minimum atomic E-state index is -4.57. The van der Waals surface area contributed by atoms with Crippen molar-refractivity contribution in [2.24, 2.45) is 0 Å². The van der Waals surface area contributed by atoms with Crippen LogP contribution in [0.15, 0.2) is 36.5 Å². The summed E-state index contributed by atoms with van der Waals surface area (Å²) in [7, 11) is 0. The van der Waals surface area contributed by atoms with Gasteiger partial charge in [-0.3, -0.25) is 0 Å². The summed E-state index contributed by atoms with van der Waals surface area (Å²) in [6, 6.07) is 6.43. The Labute approximate surface area is 119 Å². The van der Waals surface area contributed by atoms with Gasteiger partial charge in [-0.2, -0.15) is 13.2 Å². The van der Waals surface area contributed by atoms with Crippen LogP contribution in [0.2, 0.25) is 0 Å². The van der Waals surface area contributed by atoms with E-state index in [9.17, 15) is 17.6 Å². The molecule has 1 aromatic heterocycles. The standard InChI is InChI=1S/C14H13F4N3/c1-2-21(10-5-3-4-9(15)6-10)12-7-13(14(16,17)18)20-8-11(12)19/h3-8H,2,19H2,1H3. The molecule has 0 radical (unpaired) electrons. The lowest BCUT2D eigenvalue weighted by molar-refractivity contribution is -0.141. The Balaban J connectivity index is 2.52. The lowest BCUT2D eigenvalue weighted by Gasteiger charge is -2.25. The quantitative estimate of drug-likeness (QED) is 0.872. The molecular formula is C14H13F4N3. The van der Waals surface area contributed by atoms with Crippen molar-refractivity contribution in [3.05, 3.63) is 48.0 Å². The van der Waals surface area contributed by atoms with E-state index in [2.05, 4.69) is 4.98 Å². The number of hydrogen-bond acceptors (Lipinski definition) is 3. The van der Waals surface area contributed by atoms with Crippen LogP contribution in [-0.4, -0.2) is 11.5 Å². The van der Waals surface area contributed by atoms with Crippen molar-refractivity contribution in [3.8, 4) is 0 Å². The van der Waals surface area contributed by atoms with E-state index >= 15 is 0 Å². The summed E-state index contributed by atoms with van der Waals surface area (Å²) in [6.07, 6.45) is -3.61. The normalized spacial score (nSPS) is 11.5. The number of halogens is 4. The van der Waals surface area contributed by atoms with Gasteiger partial charge in [-0.05, 0) is 31.2 Å². The van der Waals surface area contributed by atoms with Gasteiger partial charge in [-0.25, -0.2) is 9.37 Å². The minimum absolute atomic E-state index is 0.0918. The molecule has 2 aromatic rings. The molecule has 0 fully saturated rings. The summed E-state index contributed by atoms with van der Waals surface area (Å²) in [5.41, 5.74) is 5.33. The average molecular weight is 299 g/mol. The molecule has 2 N–H and O–H groups in total. The zero-order valence-corrected chi connectivity index (χ0v) is 11.2. The van der Waals surface area contributed by atoms with Crippen LogP contribution in [0.4, 0.5) is 34.6 Å². The number of nitrogens with zero attached hydrogens (tertiary/aromatic N) is 2. The molecule has 0 saturated heterocycles. The molecule has 112 valence electrons. The fraction of sp³-hybridized carbons (Fsp3) is 0.214. The number of pyridine rings is 1. The molecule has 2 rings (SSSR count). The Bertz CT molecular complexity index is 640. The van der Waals surface area contributed by atoms with Crippen molar-refractivity contribution in [1.29, 1.82) is 0 Å². The molecule has 7 heteroatoms. The second-order valence-electron chi connectivity index (χ2n) is 4.35. The average Bonchev–Trinajstić information content (AvgIpc) is 2.40. The van der Waals surface area contributed by atoms with Crippen LogP contribution in [0, 0.1) is 5.82 Å². The first-order valence-corrected chi connectivity index (χ1v) is 6.18. The van der Waals surface area contributed by atoms with Crippen LogP contribution in [0.1, 0.15) is 12.6 Å². The van der Waals surface area contributed by atoms with Crippen molar-refractivity contribution in [3.63, 3.8) is 0 Å². The molecule has 3 nitrogen and oxygen atoms in total. The van der Waals surface area contributed by atoms with Gasteiger partial charge in [-0.15, -0.1) is 0 Å². The smallest absolute Gasteiger partial charge is 0.396 e. The fourth-order valence-corrected chi connectivity index (χ4v) is 1.98. The van der Waals surface area contributed by atoms with Crippen molar-refractivity contribution < 1.29 is 17.6 Å². The number of benzene rings is 1. The molecule has 1 aromatic carbocycles. The summed E-state index contributed by atoms with van der Waals surface area (Å²) in [6.45, 7) is 2.06. The first-order chi connectivity index (χ1) is 9.82. The van der Waals surface area contributed by atoms with E-state index in [1.807, 2.05) is 0 Å². The Kier molecular flexibility index (Phi) is 4.02. The Morgan fingerprint density at radius 2 is 1.95 bits per heavy atom. The Hall–Kier alpha value is -2.31. The van der Waals surface area contributed by atoms with Crippen LogP contribution in [-0.2, 0) is 6.18 Å². The third-order valence-corrected chi connectivity index (χ3v) is 2.93. The maximum atomic E-state index is 13.3. The molecule has 0 aliphatic carbocycles. The molecule has 21 heavy (non-hydrogen) atoms. The molecule has 0 saturated carbocycles. The predicted octanol–water partition coefficient (Wildman–Crippen LogP) is 3.98. The van der Waals surface area contributed by atoms with Crippen molar-refractivity contribution in [2.45, 2.75) is 13.1 Å². The molecule has 1 heterocycles. The van der Waals surface area contributed by atoms with Gasteiger partial charge < -0.3 is 10.6 Å². The number of hydrogen-bond donors (Lipinski definition) is 1. The second kappa shape index (κ2) is 5.59. The van der Waals surface area contributed by atoms with Crippen LogP contribution in [0.3, 0.4) is 0 Å². The maximum Gasteiger partial charge on any atom is 0.433 e. The highest BCUT2D eigenvalue weighted by molar-refractivity contribution is 5.74. The SMILES string of the molecule is CCN(c1cccc(F)c1)c1cc(C(F)(F)F)ncc1N. The first kappa shape index (κ1) is 15.1. The summed E-state index contributed by atoms with van der Waals surface area (Å²) in [5.74, 6) is -0.477. The van der Waals surface area contributed by atoms with Gasteiger partial charge in [0.25, 0.3) is 0 Å². The van der Waals surface area contributed by atoms with Crippen molar-refractivity contribution in [1.82, 2.24) is 4.98 Å². The van der Waals surface area contributed by atoms with E-state index in [1.165, 1.54) is 23.1 Å². The zero-order valence-electron chi connectivity index (χ0n) is 11.2. The van der Waals surface area contributed by atoms with E-state index in [-0.39, 0.29) is 11.4 Å². The fourth-order valence-electron chi connectivity index (χ4n) is 1.98. The topological polar surface area (TPSA) is 42.2 Å². The summed E-state index contributed by atoms with van der Waals surface area (Å²) in [4.78, 5) is 4.78. The third-order valence-electron chi connectivity index (χ3n) is 2.93. The number of rotatable bonds is 3. The summed E-state index contributed by atoms with van der Waals surface area (Å²) < 4.78 is 51.6. The molecule has 0 atom stereocenters. The molecule has 0 spiro atoms. The van der Waals surface area contributed by atoms with Gasteiger partial charge in [0.1, 0.15) is 11.5 Å². The van der Waals surface area contributed by atoms with Crippen LogP contribution >= 0.6 is 0 Å². The van der Waals surface area contributed by atoms with E-state index in [0.29, 0.717) is 12.2 Å². The van der Waals surface area contributed by atoms with Gasteiger partial charge in [-0.1, -0.05) is 6.07 Å². The lowest BCUT2D eigenvalue weighted by Crippen LogP contribution is -2.19. The zero-order chi connectivity index (χ0) is 15.6. The van der Waals surface area contributed by atoms with E-state index < -0.39 is 17.7 Å². The highest BCUT2D eigenvalue weighted by atomic mass is 19.4. The van der Waals surface area contributed by atoms with Crippen LogP contribution < -0.4 is 10.6 Å². The summed E-state index contributed by atoms with van der Waals surface area (Å²) >= 11 is 0. The summed E-state index contributed by atoms with van der Waals surface area (Å²) in [5, 5.41) is 0. The largest absolute Gasteiger partial charge is 0.433 e. The number of alkyl halides is 3. The first-order valence-electron chi connectivity index (χ1n) is 6.18. The van der Waals surface area contributed by atoms with Gasteiger partial charge in [0.05, 0.1) is 17.6 Å². The molecule has 0 aliphatic heterocycles. The number of aromatic nitrogens is 1. The number of anilines is 3. The van der Waals surface area contributed by atoms with Crippen molar-refractivity contribution >= 4 is 17.1 Å². The number of nitrogens with two attached hydrogens (primary N) is 1. The van der Waals surface area contributed by atoms with Gasteiger partial charge in [0, 0.05) is 12.2 Å². The van der Waals surface area contributed by atoms with Gasteiger partial charge in [0.2, 0.25) is 0 Å². The highest BCUT2D eigenvalue weighted by Crippen LogP contribution is 2.35. The molecule has 0 bridgehead atoms. The minimum Gasteiger partial charge on any atom is -0.396 e. The third kappa shape index (κ3) is 3.24. The lowest BCUT2D eigenvalue weighted by atomic mass is 10.2. The molecular weight excluding hydrogens is 286 g/mol. The van der Waals surface area contributed by atoms with E-state index in [1.54, 1.807) is 13.0 Å². The monoisotopic (exact) mass is 299 g/mol. The highest BCUT2D eigenvalue weighted by Gasteiger charge is 2.33. The van der Waals surface area contributed by atoms with E-state index in [0.717, 1.165) is 12.3 Å². The Morgan fingerprint density at radius 3 is 2.52 bits per heavy atom. The molecule has 0 unspecified atom stereocenters. The predicted molar refractivity (Wildman–Crippen MR) is 72.7 cm³/mol. The van der Waals surface area contributed by atoms with Crippen LogP contribution in [0.25, 0.3) is 0 Å². The number of nitrogen functional groups attached to an aromatic ring is 1. The van der Waals surface area contributed by atoms with E-state index in [4.69, 9.17) is 5.73 Å².